The number of hydrogen-bond acceptors (Lipinski definition) is 4. The highest BCUT2D eigenvalue weighted by Crippen LogP contribution is 2.30. The standard InChI is InChI=1S/C9H15N3O3/c1-4-7-8(6(13)5-11-12-10)15-9(2,3)14-7/h4,6-8,13H,1,5H2,2-3H3/t6-,7+,8+/m1/s1. The van der Waals surface area contributed by atoms with E-state index in [4.69, 9.17) is 15.0 Å². The number of hydrogen-bond donors (Lipinski definition) is 1. The lowest BCUT2D eigenvalue weighted by atomic mass is 10.1. The quantitative estimate of drug-likeness (QED) is 0.331. The fourth-order valence-electron chi connectivity index (χ4n) is 1.52. The Hall–Kier alpha value is -1.07. The molecule has 6 nitrogen and oxygen atoms in total. The summed E-state index contributed by atoms with van der Waals surface area (Å²) in [7, 11) is 0. The molecule has 1 heterocycles. The van der Waals surface area contributed by atoms with Gasteiger partial charge in [0.25, 0.3) is 0 Å². The Kier molecular flexibility index (Phi) is 3.71. The van der Waals surface area contributed by atoms with Gasteiger partial charge < -0.3 is 14.6 Å². The van der Waals surface area contributed by atoms with Gasteiger partial charge in [-0.05, 0) is 19.4 Å². The number of rotatable bonds is 4. The smallest absolute Gasteiger partial charge is 0.164 e. The van der Waals surface area contributed by atoms with Gasteiger partial charge in [-0.1, -0.05) is 11.2 Å². The van der Waals surface area contributed by atoms with Crippen LogP contribution >= 0.6 is 0 Å². The van der Waals surface area contributed by atoms with Crippen LogP contribution in [0.5, 0.6) is 0 Å². The van der Waals surface area contributed by atoms with E-state index in [2.05, 4.69) is 16.6 Å². The zero-order valence-corrected chi connectivity index (χ0v) is 8.83. The number of aliphatic hydroxyl groups is 1. The van der Waals surface area contributed by atoms with Gasteiger partial charge in [-0.15, -0.1) is 6.58 Å². The zero-order chi connectivity index (χ0) is 11.5. The first-order chi connectivity index (χ1) is 7.00. The van der Waals surface area contributed by atoms with Crippen LogP contribution in [0.1, 0.15) is 13.8 Å². The van der Waals surface area contributed by atoms with E-state index in [9.17, 15) is 5.11 Å². The number of ether oxygens (including phenoxy) is 2. The molecule has 0 unspecified atom stereocenters. The first kappa shape index (κ1) is 12.0. The van der Waals surface area contributed by atoms with E-state index in [1.54, 1.807) is 19.9 Å². The van der Waals surface area contributed by atoms with E-state index in [1.165, 1.54) is 0 Å². The van der Waals surface area contributed by atoms with E-state index in [-0.39, 0.29) is 12.6 Å². The summed E-state index contributed by atoms with van der Waals surface area (Å²) in [6, 6.07) is 0. The molecule has 3 atom stereocenters. The van der Waals surface area contributed by atoms with Crippen molar-refractivity contribution < 1.29 is 14.6 Å². The third-order valence-electron chi connectivity index (χ3n) is 2.11. The minimum absolute atomic E-state index is 0.0368. The fraction of sp³-hybridized carbons (Fsp3) is 0.778. The fourth-order valence-corrected chi connectivity index (χ4v) is 1.52. The van der Waals surface area contributed by atoms with Crippen LogP contribution < -0.4 is 0 Å². The SMILES string of the molecule is C=C[C@@H]1OC(C)(C)O[C@H]1[C@H](O)CN=[N+]=[N-]. The molecule has 0 amide bonds. The predicted molar refractivity (Wildman–Crippen MR) is 54.0 cm³/mol. The van der Waals surface area contributed by atoms with Crippen molar-refractivity contribution in [3.63, 3.8) is 0 Å². The number of azide groups is 1. The molecule has 1 rings (SSSR count). The average Bonchev–Trinajstić information content (AvgIpc) is 2.50. The minimum atomic E-state index is -0.884. The van der Waals surface area contributed by atoms with Gasteiger partial charge in [-0.2, -0.15) is 0 Å². The summed E-state index contributed by atoms with van der Waals surface area (Å²) >= 11 is 0. The summed E-state index contributed by atoms with van der Waals surface area (Å²) in [5, 5.41) is 13.0. The van der Waals surface area contributed by atoms with Crippen LogP contribution in [0.15, 0.2) is 17.8 Å². The van der Waals surface area contributed by atoms with Gasteiger partial charge in [0, 0.05) is 4.91 Å². The number of aliphatic hydroxyl groups excluding tert-OH is 1. The molecule has 1 aliphatic rings. The molecule has 0 aliphatic carbocycles. The van der Waals surface area contributed by atoms with Crippen molar-refractivity contribution in [3.8, 4) is 0 Å². The van der Waals surface area contributed by atoms with Gasteiger partial charge in [-0.25, -0.2) is 0 Å². The monoisotopic (exact) mass is 213 g/mol. The lowest BCUT2D eigenvalue weighted by molar-refractivity contribution is -0.152. The van der Waals surface area contributed by atoms with Crippen LogP contribution in [-0.4, -0.2) is 35.8 Å². The van der Waals surface area contributed by atoms with Gasteiger partial charge in [0.05, 0.1) is 12.6 Å². The predicted octanol–water partition coefficient (Wildman–Crippen LogP) is 1.36. The molecule has 1 N–H and O–H groups in total. The molecule has 6 heteroatoms. The molecular weight excluding hydrogens is 198 g/mol. The summed E-state index contributed by atoms with van der Waals surface area (Å²) in [6.45, 7) is 7.07. The van der Waals surface area contributed by atoms with E-state index in [0.29, 0.717) is 0 Å². The van der Waals surface area contributed by atoms with Crippen molar-refractivity contribution in [2.24, 2.45) is 5.11 Å². The average molecular weight is 213 g/mol. The molecule has 1 saturated heterocycles. The lowest BCUT2D eigenvalue weighted by Gasteiger charge is -2.19. The topological polar surface area (TPSA) is 87.5 Å². The van der Waals surface area contributed by atoms with Crippen molar-refractivity contribution in [1.82, 2.24) is 0 Å². The Morgan fingerprint density at radius 3 is 2.87 bits per heavy atom. The molecule has 0 spiro atoms. The Morgan fingerprint density at radius 2 is 2.33 bits per heavy atom. The van der Waals surface area contributed by atoms with Gasteiger partial charge in [0.2, 0.25) is 0 Å². The van der Waals surface area contributed by atoms with Crippen LogP contribution in [-0.2, 0) is 9.47 Å². The summed E-state index contributed by atoms with van der Waals surface area (Å²) in [6.07, 6.45) is -0.240. The maximum atomic E-state index is 9.70. The molecule has 0 aromatic rings. The van der Waals surface area contributed by atoms with Gasteiger partial charge >= 0.3 is 0 Å². The second-order valence-corrected chi connectivity index (χ2v) is 3.78. The highest BCUT2D eigenvalue weighted by Gasteiger charge is 2.42. The molecule has 15 heavy (non-hydrogen) atoms. The minimum Gasteiger partial charge on any atom is -0.390 e. The Balaban J connectivity index is 2.67. The molecule has 1 aliphatic heterocycles. The summed E-state index contributed by atoms with van der Waals surface area (Å²) in [4.78, 5) is 2.58. The Bertz CT molecular complexity index is 286. The second-order valence-electron chi connectivity index (χ2n) is 3.78. The normalized spacial score (nSPS) is 30.6. The molecular formula is C9H15N3O3. The van der Waals surface area contributed by atoms with Crippen molar-refractivity contribution in [1.29, 1.82) is 0 Å². The highest BCUT2D eigenvalue weighted by molar-refractivity contribution is 4.96. The Morgan fingerprint density at radius 1 is 1.67 bits per heavy atom. The Labute approximate surface area is 88.1 Å². The van der Waals surface area contributed by atoms with E-state index in [0.717, 1.165) is 0 Å². The molecule has 0 aromatic carbocycles. The molecule has 0 saturated carbocycles. The maximum Gasteiger partial charge on any atom is 0.164 e. The highest BCUT2D eigenvalue weighted by atomic mass is 16.8. The largest absolute Gasteiger partial charge is 0.390 e. The van der Waals surface area contributed by atoms with Crippen LogP contribution in [0.25, 0.3) is 10.4 Å². The third kappa shape index (κ3) is 2.94. The molecule has 0 bridgehead atoms. The second kappa shape index (κ2) is 4.63. The van der Waals surface area contributed by atoms with Crippen LogP contribution in [0.2, 0.25) is 0 Å². The molecule has 0 radical (unpaired) electrons. The van der Waals surface area contributed by atoms with E-state index in [1.807, 2.05) is 0 Å². The first-order valence-corrected chi connectivity index (χ1v) is 4.67. The molecule has 0 aromatic heterocycles. The van der Waals surface area contributed by atoms with Gasteiger partial charge in [-0.3, -0.25) is 0 Å². The van der Waals surface area contributed by atoms with E-state index < -0.39 is 18.0 Å². The van der Waals surface area contributed by atoms with E-state index >= 15 is 0 Å². The van der Waals surface area contributed by atoms with Gasteiger partial charge in [0.15, 0.2) is 5.79 Å². The van der Waals surface area contributed by atoms with Crippen LogP contribution in [0, 0.1) is 0 Å². The van der Waals surface area contributed by atoms with Gasteiger partial charge in [0.1, 0.15) is 12.2 Å². The van der Waals surface area contributed by atoms with Crippen molar-refractivity contribution in [2.75, 3.05) is 6.54 Å². The first-order valence-electron chi connectivity index (χ1n) is 4.67. The summed E-state index contributed by atoms with van der Waals surface area (Å²) < 4.78 is 11.0. The number of nitrogens with zero attached hydrogens (tertiary/aromatic N) is 3. The molecule has 1 fully saturated rings. The lowest BCUT2D eigenvalue weighted by Crippen LogP contribution is -2.36. The summed E-state index contributed by atoms with van der Waals surface area (Å²) in [5.41, 5.74) is 8.14. The van der Waals surface area contributed by atoms with Crippen LogP contribution in [0.3, 0.4) is 0 Å². The third-order valence-corrected chi connectivity index (χ3v) is 2.11. The zero-order valence-electron chi connectivity index (χ0n) is 8.83. The molecule has 84 valence electrons. The van der Waals surface area contributed by atoms with Crippen molar-refractivity contribution in [3.05, 3.63) is 23.1 Å². The van der Waals surface area contributed by atoms with Crippen molar-refractivity contribution >= 4 is 0 Å². The maximum absolute atomic E-state index is 9.70. The van der Waals surface area contributed by atoms with Crippen molar-refractivity contribution in [2.45, 2.75) is 37.9 Å². The summed E-state index contributed by atoms with van der Waals surface area (Å²) in [5.74, 6) is -0.749. The van der Waals surface area contributed by atoms with Crippen LogP contribution in [0.4, 0.5) is 0 Å².